The summed E-state index contributed by atoms with van der Waals surface area (Å²) >= 11 is 0. The van der Waals surface area contributed by atoms with Crippen molar-refractivity contribution in [3.8, 4) is 0 Å². The van der Waals surface area contributed by atoms with E-state index in [4.69, 9.17) is 34.4 Å². The quantitative estimate of drug-likeness (QED) is 0.0408. The van der Waals surface area contributed by atoms with E-state index in [9.17, 15) is 43.5 Å². The zero-order chi connectivity index (χ0) is 64.7. The lowest BCUT2D eigenvalue weighted by molar-refractivity contribution is -0.142. The van der Waals surface area contributed by atoms with Gasteiger partial charge in [-0.3, -0.25) is 33.6 Å². The van der Waals surface area contributed by atoms with Crippen molar-refractivity contribution in [2.75, 3.05) is 45.8 Å². The lowest BCUT2D eigenvalue weighted by Gasteiger charge is -2.30. The van der Waals surface area contributed by atoms with Crippen LogP contribution in [0.3, 0.4) is 0 Å². The minimum Gasteiger partial charge on any atom is -0.480 e. The maximum absolute atomic E-state index is 14.7. The summed E-state index contributed by atoms with van der Waals surface area (Å²) in [7, 11) is 0. The molecule has 492 valence electrons. The van der Waals surface area contributed by atoms with Crippen LogP contribution in [0.1, 0.15) is 149 Å². The molecule has 0 aromatic heterocycles. The molecule has 10 atom stereocenters. The molecule has 0 aliphatic heterocycles. The average Bonchev–Trinajstić information content (AvgIpc) is 3.63. The summed E-state index contributed by atoms with van der Waals surface area (Å²) in [4.78, 5) is 113. The third kappa shape index (κ3) is 31.1. The number of carboxylic acids is 1. The first-order valence-corrected chi connectivity index (χ1v) is 31.8. The first kappa shape index (κ1) is 77.0. The number of amides is 7. The highest BCUT2D eigenvalue weighted by Crippen LogP contribution is 2.15. The van der Waals surface area contributed by atoms with Gasteiger partial charge in [-0.25, -0.2) is 4.79 Å². The SMILES string of the molecule is CC(C)[C@H](NC[C@H](CCCCN)NC[C@@H](N)CCCCN)C(=O)N[C@H](C(=O)N[C@@H](Cc1ccccc1)C(=O)N[C@@H](CCCCN)C(=O)N[C@H](C(=O)N[C@@H](CCCCN)C(=O)N[C@@H](Cc1ccccc1)C(=O)N[C@@H](CCCCN)C(=O)O)C(C)C)C(C)C. The zero-order valence-corrected chi connectivity index (χ0v) is 52.9. The van der Waals surface area contributed by atoms with Gasteiger partial charge in [0.2, 0.25) is 41.4 Å². The Labute approximate surface area is 517 Å². The molecule has 0 aliphatic carbocycles. The van der Waals surface area contributed by atoms with Crippen LogP contribution >= 0.6 is 0 Å². The molecule has 2 aromatic carbocycles. The van der Waals surface area contributed by atoms with Gasteiger partial charge < -0.3 is 87.4 Å². The monoisotopic (exact) mass is 1220 g/mol. The molecule has 0 unspecified atom stereocenters. The third-order valence-corrected chi connectivity index (χ3v) is 15.3. The normalized spacial score (nSPS) is 15.0. The predicted molar refractivity (Wildman–Crippen MR) is 342 cm³/mol. The number of carbonyl (C=O) groups excluding carboxylic acids is 7. The molecular formula is C63H111N15O9. The maximum atomic E-state index is 14.7. The van der Waals surface area contributed by atoms with Crippen LogP contribution in [-0.2, 0) is 51.2 Å². The highest BCUT2D eigenvalue weighted by atomic mass is 16.4. The van der Waals surface area contributed by atoms with Crippen molar-refractivity contribution in [3.05, 3.63) is 71.8 Å². The van der Waals surface area contributed by atoms with Crippen molar-refractivity contribution in [1.29, 1.82) is 0 Å². The Hall–Kier alpha value is -6.12. The Kier molecular flexibility index (Phi) is 39.2. The van der Waals surface area contributed by atoms with Crippen LogP contribution in [-0.4, -0.2) is 159 Å². The van der Waals surface area contributed by atoms with E-state index < -0.39 is 102 Å². The standard InChI is InChI=1S/C63H111N15O9/c1-41(2)53(71-40-47(28-14-19-33-65)70-39-46(69)27-13-18-32-64)60(83)78-55(43(5)6)62(85)76-52(38-45-25-11-8-12-26-45)58(81)72-49(30-16-21-35-67)57(80)77-54(42(3)4)61(84)73-48(29-15-20-34-66)56(79)75-51(37-44-23-9-7-10-24-44)59(82)74-50(63(86)87)31-17-22-36-68/h7-12,23-26,41-43,46-55,70-71H,13-22,27-40,64-69H2,1-6H3,(H,72,81)(H,73,84)(H,74,82)(H,75,79)(H,76,85)(H,77,80)(H,78,83)(H,86,87)/t46-,47-,48-,49-,50-,51-,52-,53-,54-,55-/m0/s1. The molecule has 0 bridgehead atoms. The third-order valence-electron chi connectivity index (χ3n) is 15.3. The molecule has 0 saturated carbocycles. The highest BCUT2D eigenvalue weighted by molar-refractivity contribution is 5.98. The van der Waals surface area contributed by atoms with Crippen LogP contribution in [0.15, 0.2) is 60.7 Å². The summed E-state index contributed by atoms with van der Waals surface area (Å²) in [5, 5.41) is 36.7. The zero-order valence-electron chi connectivity index (χ0n) is 52.9. The molecule has 24 nitrogen and oxygen atoms in total. The molecule has 0 spiro atoms. The van der Waals surface area contributed by atoms with Gasteiger partial charge >= 0.3 is 5.97 Å². The molecule has 0 heterocycles. The molecular weight excluding hydrogens is 1110 g/mol. The van der Waals surface area contributed by atoms with Gasteiger partial charge in [-0.2, -0.15) is 0 Å². The predicted octanol–water partition coefficient (Wildman–Crippen LogP) is 0.807. The largest absolute Gasteiger partial charge is 0.480 e. The first-order chi connectivity index (χ1) is 41.6. The van der Waals surface area contributed by atoms with Gasteiger partial charge in [0.25, 0.3) is 0 Å². The van der Waals surface area contributed by atoms with Gasteiger partial charge in [-0.15, -0.1) is 0 Å². The Bertz CT molecular complexity index is 2300. The Morgan fingerprint density at radius 3 is 1.10 bits per heavy atom. The van der Waals surface area contributed by atoms with Crippen LogP contribution in [0.25, 0.3) is 0 Å². The minimum absolute atomic E-state index is 0.00297. The fourth-order valence-electron chi connectivity index (χ4n) is 9.98. The number of carboxylic acid groups (broad SMARTS) is 1. The molecule has 7 amide bonds. The molecule has 0 radical (unpaired) electrons. The summed E-state index contributed by atoms with van der Waals surface area (Å²) in [5.74, 6) is -6.94. The topological polar surface area (TPSA) is 421 Å². The van der Waals surface area contributed by atoms with Crippen LogP contribution in [0, 0.1) is 17.8 Å². The second-order valence-electron chi connectivity index (χ2n) is 23.9. The van der Waals surface area contributed by atoms with Gasteiger partial charge in [0.05, 0.1) is 6.04 Å². The lowest BCUT2D eigenvalue weighted by atomic mass is 9.98. The average molecular weight is 1220 g/mol. The van der Waals surface area contributed by atoms with Crippen LogP contribution in [0.4, 0.5) is 0 Å². The number of aliphatic carboxylic acids is 1. The van der Waals surface area contributed by atoms with Gasteiger partial charge in [0.1, 0.15) is 42.3 Å². The first-order valence-electron chi connectivity index (χ1n) is 31.8. The van der Waals surface area contributed by atoms with Gasteiger partial charge in [0.15, 0.2) is 0 Å². The molecule has 0 fully saturated rings. The summed E-state index contributed by atoms with van der Waals surface area (Å²) in [5.41, 5.74) is 36.7. The number of nitrogens with one attached hydrogen (secondary N) is 9. The van der Waals surface area contributed by atoms with E-state index in [1.54, 1.807) is 82.3 Å². The Morgan fingerprint density at radius 2 is 0.690 bits per heavy atom. The van der Waals surface area contributed by atoms with Gasteiger partial charge in [0, 0.05) is 38.0 Å². The minimum atomic E-state index is -1.25. The Balaban J connectivity index is 2.44. The molecule has 2 aromatic rings. The van der Waals surface area contributed by atoms with E-state index in [1.165, 1.54) is 0 Å². The second kappa shape index (κ2) is 44.3. The van der Waals surface area contributed by atoms with E-state index in [-0.39, 0.29) is 56.0 Å². The van der Waals surface area contributed by atoms with Crippen molar-refractivity contribution in [2.24, 2.45) is 52.2 Å². The fraction of sp³-hybridized carbons (Fsp3) is 0.683. The van der Waals surface area contributed by atoms with E-state index >= 15 is 0 Å². The number of unbranched alkanes of at least 4 members (excludes halogenated alkanes) is 5. The molecule has 22 N–H and O–H groups in total. The number of hydrogen-bond donors (Lipinski definition) is 16. The van der Waals surface area contributed by atoms with E-state index in [0.29, 0.717) is 95.5 Å². The lowest BCUT2D eigenvalue weighted by Crippen LogP contribution is -2.61. The number of nitrogens with two attached hydrogens (primary N) is 6. The summed E-state index contributed by atoms with van der Waals surface area (Å²) in [6.07, 6.45) is 8.41. The molecule has 24 heteroatoms. The van der Waals surface area contributed by atoms with Crippen LogP contribution in [0.5, 0.6) is 0 Å². The summed E-state index contributed by atoms with van der Waals surface area (Å²) < 4.78 is 0. The highest BCUT2D eigenvalue weighted by Gasteiger charge is 2.36. The molecule has 0 aliphatic rings. The van der Waals surface area contributed by atoms with Crippen molar-refractivity contribution < 1.29 is 43.5 Å². The Morgan fingerprint density at radius 1 is 0.368 bits per heavy atom. The van der Waals surface area contributed by atoms with Gasteiger partial charge in [-0.05, 0) is 145 Å². The van der Waals surface area contributed by atoms with Gasteiger partial charge in [-0.1, -0.05) is 115 Å². The molecule has 0 saturated heterocycles. The number of benzene rings is 2. The molecule has 2 rings (SSSR count). The van der Waals surface area contributed by atoms with Crippen LogP contribution < -0.4 is 82.3 Å². The van der Waals surface area contributed by atoms with Crippen LogP contribution in [0.2, 0.25) is 0 Å². The summed E-state index contributed by atoms with van der Waals surface area (Å²) in [6.45, 7) is 14.0. The van der Waals surface area contributed by atoms with Crippen molar-refractivity contribution >= 4 is 47.3 Å². The van der Waals surface area contributed by atoms with E-state index in [2.05, 4.69) is 47.9 Å². The number of carbonyl (C=O) groups is 8. The van der Waals surface area contributed by atoms with E-state index in [0.717, 1.165) is 38.5 Å². The van der Waals surface area contributed by atoms with E-state index in [1.807, 2.05) is 19.9 Å². The van der Waals surface area contributed by atoms with Crippen molar-refractivity contribution in [3.63, 3.8) is 0 Å². The molecule has 87 heavy (non-hydrogen) atoms. The smallest absolute Gasteiger partial charge is 0.326 e. The van der Waals surface area contributed by atoms with Crippen molar-refractivity contribution in [1.82, 2.24) is 47.9 Å². The summed E-state index contributed by atoms with van der Waals surface area (Å²) in [6, 6.07) is 8.68. The second-order valence-corrected chi connectivity index (χ2v) is 23.9. The van der Waals surface area contributed by atoms with Crippen molar-refractivity contribution in [2.45, 2.75) is 211 Å². The number of hydrogen-bond acceptors (Lipinski definition) is 16. The number of rotatable bonds is 48. The fourth-order valence-corrected chi connectivity index (χ4v) is 9.98. The maximum Gasteiger partial charge on any atom is 0.326 e.